The number of rotatable bonds is 5. The van der Waals surface area contributed by atoms with Gasteiger partial charge in [0.05, 0.1) is 7.11 Å². The third-order valence-corrected chi connectivity index (χ3v) is 1.68. The van der Waals surface area contributed by atoms with E-state index in [0.29, 0.717) is 0 Å². The van der Waals surface area contributed by atoms with Gasteiger partial charge in [0.25, 0.3) is 0 Å². The average molecular weight is 184 g/mol. The van der Waals surface area contributed by atoms with Crippen LogP contribution in [0.1, 0.15) is 26.7 Å². The summed E-state index contributed by atoms with van der Waals surface area (Å²) in [5.41, 5.74) is 0. The summed E-state index contributed by atoms with van der Waals surface area (Å²) in [7, 11) is 1.28. The Kier molecular flexibility index (Phi) is 5.85. The van der Waals surface area contributed by atoms with Crippen molar-refractivity contribution in [3.05, 3.63) is 12.2 Å². The van der Waals surface area contributed by atoms with Crippen LogP contribution in [0.5, 0.6) is 0 Å². The lowest BCUT2D eigenvalue weighted by atomic mass is 10.0. The Bertz CT molecular complexity index is 206. The summed E-state index contributed by atoms with van der Waals surface area (Å²) in [6.07, 6.45) is 5.32. The highest BCUT2D eigenvalue weighted by atomic mass is 16.5. The van der Waals surface area contributed by atoms with Crippen molar-refractivity contribution in [3.8, 4) is 0 Å². The maximum Gasteiger partial charge on any atom is 0.320 e. The largest absolute Gasteiger partial charge is 0.468 e. The molecule has 0 rings (SSSR count). The van der Waals surface area contributed by atoms with Crippen LogP contribution in [0.4, 0.5) is 0 Å². The summed E-state index contributed by atoms with van der Waals surface area (Å²) in [4.78, 5) is 22.0. The van der Waals surface area contributed by atoms with Crippen LogP contribution >= 0.6 is 0 Å². The summed E-state index contributed by atoms with van der Waals surface area (Å²) in [5, 5.41) is 0. The molecule has 0 aliphatic heterocycles. The number of unbranched alkanes of at least 4 members (excludes halogenated alkanes) is 1. The Morgan fingerprint density at radius 2 is 2.08 bits per heavy atom. The molecule has 74 valence electrons. The quantitative estimate of drug-likeness (QED) is 0.371. The van der Waals surface area contributed by atoms with Crippen LogP contribution in [0.2, 0.25) is 0 Å². The van der Waals surface area contributed by atoms with E-state index in [1.807, 2.05) is 13.0 Å². The predicted octanol–water partition coefficient (Wildman–Crippen LogP) is 1.72. The van der Waals surface area contributed by atoms with Gasteiger partial charge in [-0.1, -0.05) is 25.5 Å². The summed E-state index contributed by atoms with van der Waals surface area (Å²) < 4.78 is 4.49. The molecule has 0 aliphatic carbocycles. The van der Waals surface area contributed by atoms with Gasteiger partial charge in [0.2, 0.25) is 0 Å². The molecular formula is C10H16O3. The Morgan fingerprint density at radius 1 is 1.46 bits per heavy atom. The standard InChI is InChI=1S/C10H16O3/c1-4-5-6-7-9(8(2)11)10(12)13-3/h6-7,9H,4-5H2,1-3H3. The number of hydrogen-bond donors (Lipinski definition) is 0. The van der Waals surface area contributed by atoms with Crippen LogP contribution in [0.25, 0.3) is 0 Å². The van der Waals surface area contributed by atoms with E-state index in [1.165, 1.54) is 14.0 Å². The molecule has 3 nitrogen and oxygen atoms in total. The summed E-state index contributed by atoms with van der Waals surface area (Å²) >= 11 is 0. The third-order valence-electron chi connectivity index (χ3n) is 1.68. The van der Waals surface area contributed by atoms with Crippen molar-refractivity contribution >= 4 is 11.8 Å². The number of ether oxygens (including phenoxy) is 1. The fourth-order valence-corrected chi connectivity index (χ4v) is 0.906. The van der Waals surface area contributed by atoms with Gasteiger partial charge in [0.1, 0.15) is 11.7 Å². The van der Waals surface area contributed by atoms with Crippen LogP contribution in [0.15, 0.2) is 12.2 Å². The number of methoxy groups -OCH3 is 1. The van der Waals surface area contributed by atoms with Gasteiger partial charge in [-0.3, -0.25) is 9.59 Å². The highest BCUT2D eigenvalue weighted by Crippen LogP contribution is 2.04. The van der Waals surface area contributed by atoms with Crippen molar-refractivity contribution in [1.82, 2.24) is 0 Å². The molecule has 0 fully saturated rings. The van der Waals surface area contributed by atoms with Crippen molar-refractivity contribution in [1.29, 1.82) is 0 Å². The minimum absolute atomic E-state index is 0.181. The van der Waals surface area contributed by atoms with Crippen LogP contribution in [-0.2, 0) is 14.3 Å². The molecule has 0 aliphatic rings. The van der Waals surface area contributed by atoms with E-state index >= 15 is 0 Å². The molecule has 0 saturated heterocycles. The molecule has 0 aromatic rings. The van der Waals surface area contributed by atoms with Gasteiger partial charge >= 0.3 is 5.97 Å². The number of allylic oxidation sites excluding steroid dienone is 1. The van der Waals surface area contributed by atoms with Gasteiger partial charge in [-0.25, -0.2) is 0 Å². The zero-order chi connectivity index (χ0) is 10.3. The lowest BCUT2D eigenvalue weighted by molar-refractivity contribution is -0.146. The second-order valence-corrected chi connectivity index (χ2v) is 2.83. The molecule has 0 saturated carbocycles. The molecule has 0 amide bonds. The summed E-state index contributed by atoms with van der Waals surface area (Å²) in [6.45, 7) is 3.42. The van der Waals surface area contributed by atoms with Crippen LogP contribution in [0, 0.1) is 5.92 Å². The van der Waals surface area contributed by atoms with E-state index in [0.717, 1.165) is 12.8 Å². The molecule has 0 heterocycles. The monoisotopic (exact) mass is 184 g/mol. The van der Waals surface area contributed by atoms with E-state index in [4.69, 9.17) is 0 Å². The number of hydrogen-bond acceptors (Lipinski definition) is 3. The fourth-order valence-electron chi connectivity index (χ4n) is 0.906. The van der Waals surface area contributed by atoms with Crippen molar-refractivity contribution in [2.45, 2.75) is 26.7 Å². The molecule has 0 radical (unpaired) electrons. The number of esters is 1. The van der Waals surface area contributed by atoms with Crippen LogP contribution < -0.4 is 0 Å². The minimum Gasteiger partial charge on any atom is -0.468 e. The van der Waals surface area contributed by atoms with Crippen molar-refractivity contribution in [2.24, 2.45) is 5.92 Å². The van der Waals surface area contributed by atoms with Crippen molar-refractivity contribution in [3.63, 3.8) is 0 Å². The highest BCUT2D eigenvalue weighted by molar-refractivity contribution is 5.99. The van der Waals surface area contributed by atoms with Gasteiger partial charge in [0, 0.05) is 0 Å². The lowest BCUT2D eigenvalue weighted by Crippen LogP contribution is -2.20. The van der Waals surface area contributed by atoms with Crippen LogP contribution in [0.3, 0.4) is 0 Å². The molecule has 0 bridgehead atoms. The van der Waals surface area contributed by atoms with Crippen LogP contribution in [-0.4, -0.2) is 18.9 Å². The molecule has 0 aromatic carbocycles. The summed E-state index contributed by atoms with van der Waals surface area (Å²) in [6, 6.07) is 0. The number of carbonyl (C=O) groups is 2. The number of ketones is 1. The summed E-state index contributed by atoms with van der Waals surface area (Å²) in [5.74, 6) is -1.39. The lowest BCUT2D eigenvalue weighted by Gasteiger charge is -2.05. The highest BCUT2D eigenvalue weighted by Gasteiger charge is 2.20. The Morgan fingerprint density at radius 3 is 2.46 bits per heavy atom. The first-order valence-electron chi connectivity index (χ1n) is 4.38. The van der Waals surface area contributed by atoms with E-state index in [9.17, 15) is 9.59 Å². The fraction of sp³-hybridized carbons (Fsp3) is 0.600. The number of carbonyl (C=O) groups excluding carboxylic acids is 2. The second kappa shape index (κ2) is 6.40. The van der Waals surface area contributed by atoms with E-state index in [1.54, 1.807) is 6.08 Å². The van der Waals surface area contributed by atoms with E-state index < -0.39 is 11.9 Å². The smallest absolute Gasteiger partial charge is 0.320 e. The first-order chi connectivity index (χ1) is 6.13. The maximum absolute atomic E-state index is 11.1. The molecule has 1 unspecified atom stereocenters. The van der Waals surface area contributed by atoms with Crippen molar-refractivity contribution in [2.75, 3.05) is 7.11 Å². The molecule has 13 heavy (non-hydrogen) atoms. The predicted molar refractivity (Wildman–Crippen MR) is 50.2 cm³/mol. The zero-order valence-electron chi connectivity index (χ0n) is 8.37. The molecule has 0 N–H and O–H groups in total. The molecule has 3 heteroatoms. The van der Waals surface area contributed by atoms with Gasteiger partial charge in [0.15, 0.2) is 0 Å². The maximum atomic E-state index is 11.1. The molecular weight excluding hydrogens is 168 g/mol. The van der Waals surface area contributed by atoms with Gasteiger partial charge in [-0.05, 0) is 13.3 Å². The van der Waals surface area contributed by atoms with Gasteiger partial charge < -0.3 is 4.74 Å². The topological polar surface area (TPSA) is 43.4 Å². The third kappa shape index (κ3) is 4.45. The number of Topliss-reactive ketones (excluding diaryl/α,β-unsaturated/α-hetero) is 1. The SMILES string of the molecule is CCCC=CC(C(C)=O)C(=O)OC. The van der Waals surface area contributed by atoms with E-state index in [2.05, 4.69) is 4.74 Å². The second-order valence-electron chi connectivity index (χ2n) is 2.83. The molecule has 0 aromatic heterocycles. The molecule has 1 atom stereocenters. The minimum atomic E-state index is -0.725. The first kappa shape index (κ1) is 11.9. The Hall–Kier alpha value is -1.12. The average Bonchev–Trinajstić information content (AvgIpc) is 2.11. The normalized spacial score (nSPS) is 12.8. The zero-order valence-corrected chi connectivity index (χ0v) is 8.37. The van der Waals surface area contributed by atoms with Gasteiger partial charge in [-0.2, -0.15) is 0 Å². The molecule has 0 spiro atoms. The van der Waals surface area contributed by atoms with Crippen molar-refractivity contribution < 1.29 is 14.3 Å². The van der Waals surface area contributed by atoms with Gasteiger partial charge in [-0.15, -0.1) is 0 Å². The first-order valence-corrected chi connectivity index (χ1v) is 4.38. The Balaban J connectivity index is 4.26. The Labute approximate surface area is 78.8 Å². The van der Waals surface area contributed by atoms with E-state index in [-0.39, 0.29) is 5.78 Å².